The maximum absolute atomic E-state index is 4.66. The average molecular weight is 345 g/mol. The van der Waals surface area contributed by atoms with Crippen molar-refractivity contribution in [3.63, 3.8) is 0 Å². The molecule has 5 nitrogen and oxygen atoms in total. The Kier molecular flexibility index (Phi) is 4.78. The maximum atomic E-state index is 4.66. The molecule has 1 aromatic heterocycles. The molecule has 0 radical (unpaired) electrons. The highest BCUT2D eigenvalue weighted by atomic mass is 15.2. The second-order valence-corrected chi connectivity index (χ2v) is 6.92. The molecule has 1 saturated carbocycles. The number of benzene rings is 2. The molecule has 1 heterocycles. The Morgan fingerprint density at radius 2 is 1.50 bits per heavy atom. The van der Waals surface area contributed by atoms with Crippen LogP contribution in [-0.2, 0) is 0 Å². The third-order valence-corrected chi connectivity index (χ3v) is 4.73. The monoisotopic (exact) mass is 345 g/mol. The first kappa shape index (κ1) is 16.5. The lowest BCUT2D eigenvalue weighted by Gasteiger charge is -2.14. The molecule has 2 atom stereocenters. The largest absolute Gasteiger partial charge is 0.351 e. The minimum Gasteiger partial charge on any atom is -0.351 e. The van der Waals surface area contributed by atoms with Gasteiger partial charge in [-0.05, 0) is 37.3 Å². The zero-order valence-corrected chi connectivity index (χ0v) is 14.9. The lowest BCUT2D eigenvalue weighted by molar-refractivity contribution is 0.601. The van der Waals surface area contributed by atoms with E-state index in [1.54, 1.807) is 0 Å². The zero-order valence-electron chi connectivity index (χ0n) is 14.9. The lowest BCUT2D eigenvalue weighted by atomic mass is 10.1. The molecule has 0 amide bonds. The lowest BCUT2D eigenvalue weighted by Crippen LogP contribution is -2.18. The van der Waals surface area contributed by atoms with Crippen LogP contribution >= 0.6 is 0 Å². The Bertz CT molecular complexity index is 851. The summed E-state index contributed by atoms with van der Waals surface area (Å²) >= 11 is 0. The predicted octanol–water partition coefficient (Wildman–Crippen LogP) is 4.88. The molecule has 0 aliphatic heterocycles. The topological polar surface area (TPSA) is 62.7 Å². The summed E-state index contributed by atoms with van der Waals surface area (Å²) in [4.78, 5) is 13.9. The minimum atomic E-state index is 0.431. The highest BCUT2D eigenvalue weighted by Crippen LogP contribution is 2.27. The number of nitrogens with one attached hydrogen (secondary N) is 2. The van der Waals surface area contributed by atoms with Crippen LogP contribution in [0.1, 0.15) is 26.2 Å². The average Bonchev–Trinajstić information content (AvgIpc) is 3.08. The Morgan fingerprint density at radius 3 is 2.19 bits per heavy atom. The van der Waals surface area contributed by atoms with Crippen molar-refractivity contribution >= 4 is 17.6 Å². The van der Waals surface area contributed by atoms with Crippen LogP contribution < -0.4 is 10.6 Å². The third kappa shape index (κ3) is 3.99. The second kappa shape index (κ2) is 7.52. The minimum absolute atomic E-state index is 0.431. The molecule has 3 aromatic rings. The first-order chi connectivity index (χ1) is 12.8. The standard InChI is InChI=1S/C21H23N5/c1-15-12-13-18(14-15)23-21-25-19(16-8-4-2-5-9-16)24-20(26-21)22-17-10-6-3-7-11-17/h2-11,15,18H,12-14H2,1H3,(H2,22,23,24,25,26)/t15-,18?/m1/s1. The number of hydrogen-bond donors (Lipinski definition) is 2. The predicted molar refractivity (Wildman–Crippen MR) is 105 cm³/mol. The van der Waals surface area contributed by atoms with Crippen LogP contribution in [-0.4, -0.2) is 21.0 Å². The van der Waals surface area contributed by atoms with E-state index in [9.17, 15) is 0 Å². The van der Waals surface area contributed by atoms with Crippen molar-refractivity contribution in [3.05, 3.63) is 60.7 Å². The van der Waals surface area contributed by atoms with Crippen LogP contribution in [0, 0.1) is 5.92 Å². The molecule has 5 heteroatoms. The summed E-state index contributed by atoms with van der Waals surface area (Å²) in [7, 11) is 0. The van der Waals surface area contributed by atoms with Gasteiger partial charge in [-0.25, -0.2) is 0 Å². The molecule has 1 aliphatic carbocycles. The Morgan fingerprint density at radius 1 is 0.808 bits per heavy atom. The third-order valence-electron chi connectivity index (χ3n) is 4.73. The Labute approximate surface area is 153 Å². The SMILES string of the molecule is C[C@@H]1CCC(Nc2nc(Nc3ccccc3)nc(-c3ccccc3)n2)C1. The van der Waals surface area contributed by atoms with Crippen LogP contribution in [0.2, 0.25) is 0 Å². The van der Waals surface area contributed by atoms with Gasteiger partial charge in [0.05, 0.1) is 0 Å². The van der Waals surface area contributed by atoms with Gasteiger partial charge in [0.25, 0.3) is 0 Å². The molecule has 0 spiro atoms. The van der Waals surface area contributed by atoms with Crippen LogP contribution in [0.5, 0.6) is 0 Å². The molecule has 132 valence electrons. The van der Waals surface area contributed by atoms with Crippen LogP contribution in [0.25, 0.3) is 11.4 Å². The van der Waals surface area contributed by atoms with Crippen LogP contribution in [0.4, 0.5) is 17.6 Å². The van der Waals surface area contributed by atoms with Gasteiger partial charge >= 0.3 is 0 Å². The Hall–Kier alpha value is -2.95. The quantitative estimate of drug-likeness (QED) is 0.690. The number of hydrogen-bond acceptors (Lipinski definition) is 5. The van der Waals surface area contributed by atoms with Crippen molar-refractivity contribution in [2.24, 2.45) is 5.92 Å². The van der Waals surface area contributed by atoms with Gasteiger partial charge in [-0.1, -0.05) is 55.5 Å². The molecule has 1 aliphatic rings. The van der Waals surface area contributed by atoms with Crippen molar-refractivity contribution in [3.8, 4) is 11.4 Å². The zero-order chi connectivity index (χ0) is 17.8. The molecular formula is C21H23N5. The summed E-state index contributed by atoms with van der Waals surface area (Å²) in [6.45, 7) is 2.30. The van der Waals surface area contributed by atoms with Crippen molar-refractivity contribution in [1.82, 2.24) is 15.0 Å². The first-order valence-electron chi connectivity index (χ1n) is 9.16. The fourth-order valence-corrected chi connectivity index (χ4v) is 3.38. The van der Waals surface area contributed by atoms with E-state index >= 15 is 0 Å². The molecule has 4 rings (SSSR count). The van der Waals surface area contributed by atoms with Gasteiger partial charge in [0, 0.05) is 17.3 Å². The van der Waals surface area contributed by atoms with Gasteiger partial charge in [0.15, 0.2) is 5.82 Å². The van der Waals surface area contributed by atoms with E-state index in [-0.39, 0.29) is 0 Å². The summed E-state index contributed by atoms with van der Waals surface area (Å²) in [5, 5.41) is 6.79. The molecule has 0 bridgehead atoms. The van der Waals surface area contributed by atoms with Gasteiger partial charge in [-0.3, -0.25) is 0 Å². The molecule has 0 saturated heterocycles. The number of nitrogens with zero attached hydrogens (tertiary/aromatic N) is 3. The second-order valence-electron chi connectivity index (χ2n) is 6.92. The summed E-state index contributed by atoms with van der Waals surface area (Å²) < 4.78 is 0. The fraction of sp³-hybridized carbons (Fsp3) is 0.286. The number of anilines is 3. The fourth-order valence-electron chi connectivity index (χ4n) is 3.38. The van der Waals surface area contributed by atoms with E-state index in [2.05, 4.69) is 32.5 Å². The molecular weight excluding hydrogens is 322 g/mol. The van der Waals surface area contributed by atoms with Gasteiger partial charge in [-0.15, -0.1) is 0 Å². The first-order valence-corrected chi connectivity index (χ1v) is 9.16. The number of rotatable bonds is 5. The van der Waals surface area contributed by atoms with E-state index in [4.69, 9.17) is 0 Å². The van der Waals surface area contributed by atoms with Crippen LogP contribution in [0.3, 0.4) is 0 Å². The van der Waals surface area contributed by atoms with E-state index in [1.165, 1.54) is 6.42 Å². The Balaban J connectivity index is 1.65. The van der Waals surface area contributed by atoms with Crippen molar-refractivity contribution in [1.29, 1.82) is 0 Å². The van der Waals surface area contributed by atoms with E-state index in [0.29, 0.717) is 23.8 Å². The molecule has 26 heavy (non-hydrogen) atoms. The summed E-state index contributed by atoms with van der Waals surface area (Å²) in [6, 6.07) is 20.4. The number of aromatic nitrogens is 3. The molecule has 1 fully saturated rings. The van der Waals surface area contributed by atoms with Crippen molar-refractivity contribution in [2.45, 2.75) is 32.2 Å². The van der Waals surface area contributed by atoms with E-state index < -0.39 is 0 Å². The maximum Gasteiger partial charge on any atom is 0.232 e. The smallest absolute Gasteiger partial charge is 0.232 e. The number of para-hydroxylation sites is 1. The molecule has 2 N–H and O–H groups in total. The van der Waals surface area contributed by atoms with Crippen molar-refractivity contribution in [2.75, 3.05) is 10.6 Å². The summed E-state index contributed by atoms with van der Waals surface area (Å²) in [6.07, 6.45) is 3.58. The highest BCUT2D eigenvalue weighted by molar-refractivity contribution is 5.60. The van der Waals surface area contributed by atoms with Gasteiger partial charge < -0.3 is 10.6 Å². The van der Waals surface area contributed by atoms with E-state index in [1.807, 2.05) is 60.7 Å². The van der Waals surface area contributed by atoms with Gasteiger partial charge in [0.1, 0.15) is 0 Å². The van der Waals surface area contributed by atoms with Crippen molar-refractivity contribution < 1.29 is 0 Å². The summed E-state index contributed by atoms with van der Waals surface area (Å²) in [5.41, 5.74) is 1.94. The molecule has 1 unspecified atom stereocenters. The summed E-state index contributed by atoms with van der Waals surface area (Å²) in [5.74, 6) is 2.62. The van der Waals surface area contributed by atoms with Gasteiger partial charge in [0.2, 0.25) is 11.9 Å². The van der Waals surface area contributed by atoms with Gasteiger partial charge in [-0.2, -0.15) is 15.0 Å². The normalized spacial score (nSPS) is 19.3. The highest BCUT2D eigenvalue weighted by Gasteiger charge is 2.22. The molecule has 2 aromatic carbocycles. The van der Waals surface area contributed by atoms with Crippen LogP contribution in [0.15, 0.2) is 60.7 Å². The van der Waals surface area contributed by atoms with E-state index in [0.717, 1.165) is 30.0 Å².